The van der Waals surface area contributed by atoms with Crippen LogP contribution in [0.5, 0.6) is 0 Å². The van der Waals surface area contributed by atoms with Gasteiger partial charge in [0.05, 0.1) is 0 Å². The number of hydrogen-bond acceptors (Lipinski definition) is 5. The smallest absolute Gasteiger partial charge is 0.361 e. The molecular formula is H7B3N5. The lowest BCUT2D eigenvalue weighted by molar-refractivity contribution is 1.16. The normalized spacial score (nSPS) is 20.8. The van der Waals surface area contributed by atoms with Crippen molar-refractivity contribution < 1.29 is 0 Å². The van der Waals surface area contributed by atoms with Crippen molar-refractivity contribution in [1.29, 1.82) is 0 Å². The Kier molecular flexibility index (Phi) is 1.92. The fourth-order valence-corrected chi connectivity index (χ4v) is 0.517. The van der Waals surface area contributed by atoms with Crippen LogP contribution in [0.4, 0.5) is 0 Å². The molecule has 1 radical (unpaired) electrons. The van der Waals surface area contributed by atoms with Crippen molar-refractivity contribution in [3.8, 4) is 0 Å². The molecule has 0 atom stereocenters. The third kappa shape index (κ3) is 1.50. The second-order valence-corrected chi connectivity index (χ2v) is 1.60. The van der Waals surface area contributed by atoms with Crippen molar-refractivity contribution in [3.63, 3.8) is 0 Å². The molecule has 0 bridgehead atoms. The highest BCUT2D eigenvalue weighted by Crippen LogP contribution is 1.62. The summed E-state index contributed by atoms with van der Waals surface area (Å²) in [4.78, 5) is 0. The summed E-state index contributed by atoms with van der Waals surface area (Å²) in [5.74, 6) is 0. The topological polar surface area (TPSA) is 88.1 Å². The fourth-order valence-electron chi connectivity index (χ4n) is 0.517. The van der Waals surface area contributed by atoms with Crippen LogP contribution in [0.3, 0.4) is 0 Å². The Morgan fingerprint density at radius 3 is 1.88 bits per heavy atom. The Hall–Kier alpha value is -0.00519. The van der Waals surface area contributed by atoms with Crippen molar-refractivity contribution in [2.24, 2.45) is 11.3 Å². The van der Waals surface area contributed by atoms with Crippen LogP contribution in [-0.4, -0.2) is 21.8 Å². The number of hydrogen-bond donors (Lipinski definition) is 5. The summed E-state index contributed by atoms with van der Waals surface area (Å²) in [6, 6.07) is 0. The molecule has 0 aliphatic carbocycles. The first-order valence-corrected chi connectivity index (χ1v) is 2.40. The minimum Gasteiger partial charge on any atom is -0.361 e. The summed E-state index contributed by atoms with van der Waals surface area (Å²) >= 11 is 0. The van der Waals surface area contributed by atoms with E-state index in [9.17, 15) is 0 Å². The van der Waals surface area contributed by atoms with E-state index in [2.05, 4.69) is 15.4 Å². The zero-order valence-electron chi connectivity index (χ0n) is 4.39. The average molecular weight is 110 g/mol. The molecule has 7 N–H and O–H groups in total. The Balaban J connectivity index is 2.23. The zero-order valence-corrected chi connectivity index (χ0v) is 4.39. The molecule has 0 aromatic carbocycles. The standard InChI is InChI=1S/B3H7N5/c4-2-6-1-7-3(5)8-2/h6-8H,4-5H2. The van der Waals surface area contributed by atoms with Crippen molar-refractivity contribution in [2.45, 2.75) is 0 Å². The highest BCUT2D eigenvalue weighted by molar-refractivity contribution is 6.79. The fraction of sp³-hybridized carbons (Fsp3) is 0. The van der Waals surface area contributed by atoms with Crippen molar-refractivity contribution >= 4 is 21.8 Å². The van der Waals surface area contributed by atoms with E-state index in [0.717, 1.165) is 0 Å². The van der Waals surface area contributed by atoms with E-state index >= 15 is 0 Å². The molecule has 0 saturated carbocycles. The molecule has 1 heterocycles. The highest BCUT2D eigenvalue weighted by Gasteiger charge is 2.21. The van der Waals surface area contributed by atoms with Gasteiger partial charge in [-0.15, -0.1) is 0 Å². The predicted molar refractivity (Wildman–Crippen MR) is 35.0 cm³/mol. The molecule has 1 rings (SSSR count). The van der Waals surface area contributed by atoms with Gasteiger partial charge in [0.15, 0.2) is 0 Å². The number of nitrogens with one attached hydrogen (secondary N) is 3. The molecule has 1 fully saturated rings. The van der Waals surface area contributed by atoms with Gasteiger partial charge in [-0.3, -0.25) is 0 Å². The molecule has 8 heteroatoms. The monoisotopic (exact) mass is 110 g/mol. The van der Waals surface area contributed by atoms with Gasteiger partial charge in [0, 0.05) is 0 Å². The summed E-state index contributed by atoms with van der Waals surface area (Å²) in [5.41, 5.74) is 10.7. The van der Waals surface area contributed by atoms with Crippen LogP contribution in [0.1, 0.15) is 0 Å². The first-order chi connectivity index (χ1) is 3.79. The van der Waals surface area contributed by atoms with E-state index in [1.807, 2.05) is 0 Å². The summed E-state index contributed by atoms with van der Waals surface area (Å²) in [6.07, 6.45) is 0. The molecule has 0 aromatic rings. The Morgan fingerprint density at radius 2 is 1.62 bits per heavy atom. The molecule has 41 valence electrons. The molecule has 8 heavy (non-hydrogen) atoms. The van der Waals surface area contributed by atoms with Crippen LogP contribution in [-0.2, 0) is 0 Å². The van der Waals surface area contributed by atoms with Crippen molar-refractivity contribution in [1.82, 2.24) is 15.4 Å². The molecule has 0 unspecified atom stereocenters. The van der Waals surface area contributed by atoms with Gasteiger partial charge in [-0.1, -0.05) is 0 Å². The molecule has 1 aliphatic heterocycles. The SMILES string of the molecule is NB1N[B]NB(N)N1. The van der Waals surface area contributed by atoms with Crippen LogP contribution >= 0.6 is 0 Å². The Labute approximate surface area is 49.5 Å². The van der Waals surface area contributed by atoms with Gasteiger partial charge in [-0.2, -0.15) is 0 Å². The lowest BCUT2D eigenvalue weighted by atomic mass is 9.71. The molecular weight excluding hydrogens is 102 g/mol. The van der Waals surface area contributed by atoms with Gasteiger partial charge >= 0.3 is 14.2 Å². The van der Waals surface area contributed by atoms with Gasteiger partial charge in [-0.05, 0) is 0 Å². The lowest BCUT2D eigenvalue weighted by Crippen LogP contribution is -2.76. The van der Waals surface area contributed by atoms with Crippen LogP contribution in [0.2, 0.25) is 0 Å². The quantitative estimate of drug-likeness (QED) is 0.206. The minimum absolute atomic E-state index is 0.230. The lowest BCUT2D eigenvalue weighted by Gasteiger charge is -2.20. The van der Waals surface area contributed by atoms with E-state index in [1.54, 1.807) is 7.55 Å². The summed E-state index contributed by atoms with van der Waals surface area (Å²) in [7, 11) is 1.16. The van der Waals surface area contributed by atoms with E-state index in [1.165, 1.54) is 0 Å². The second-order valence-electron chi connectivity index (χ2n) is 1.60. The first kappa shape index (κ1) is 6.12. The van der Waals surface area contributed by atoms with Crippen LogP contribution in [0, 0.1) is 0 Å². The minimum atomic E-state index is -0.230. The maximum Gasteiger partial charge on any atom is 0.372 e. The summed E-state index contributed by atoms with van der Waals surface area (Å²) < 4.78 is 0. The summed E-state index contributed by atoms with van der Waals surface area (Å²) in [5, 5.41) is 8.31. The summed E-state index contributed by atoms with van der Waals surface area (Å²) in [6.45, 7) is 0. The maximum absolute atomic E-state index is 5.35. The van der Waals surface area contributed by atoms with E-state index in [-0.39, 0.29) is 14.2 Å². The third-order valence-electron chi connectivity index (χ3n) is 0.885. The van der Waals surface area contributed by atoms with E-state index in [4.69, 9.17) is 11.3 Å². The van der Waals surface area contributed by atoms with Gasteiger partial charge < -0.3 is 26.7 Å². The Bertz CT molecular complexity index is 66.1. The molecule has 5 nitrogen and oxygen atoms in total. The third-order valence-corrected chi connectivity index (χ3v) is 0.885. The predicted octanol–water partition coefficient (Wildman–Crippen LogP) is -3.81. The van der Waals surface area contributed by atoms with Crippen molar-refractivity contribution in [2.75, 3.05) is 0 Å². The van der Waals surface area contributed by atoms with E-state index < -0.39 is 0 Å². The second kappa shape index (κ2) is 2.52. The number of rotatable bonds is 0. The van der Waals surface area contributed by atoms with E-state index in [0.29, 0.717) is 0 Å². The van der Waals surface area contributed by atoms with Gasteiger partial charge in [0.25, 0.3) is 7.55 Å². The highest BCUT2D eigenvalue weighted by atomic mass is 15.1. The molecule has 0 spiro atoms. The van der Waals surface area contributed by atoms with Gasteiger partial charge in [0.1, 0.15) is 0 Å². The first-order valence-electron chi connectivity index (χ1n) is 2.40. The molecule has 0 aromatic heterocycles. The molecule has 1 saturated heterocycles. The molecule has 1 aliphatic rings. The maximum atomic E-state index is 5.35. The van der Waals surface area contributed by atoms with Crippen LogP contribution < -0.4 is 26.7 Å². The Morgan fingerprint density at radius 1 is 1.12 bits per heavy atom. The largest absolute Gasteiger partial charge is 0.372 e. The molecule has 0 amide bonds. The van der Waals surface area contributed by atoms with Gasteiger partial charge in [0.2, 0.25) is 0 Å². The van der Waals surface area contributed by atoms with Crippen LogP contribution in [0.25, 0.3) is 0 Å². The van der Waals surface area contributed by atoms with Crippen LogP contribution in [0.15, 0.2) is 0 Å². The zero-order chi connectivity index (χ0) is 5.98. The van der Waals surface area contributed by atoms with Crippen molar-refractivity contribution in [3.05, 3.63) is 0 Å². The number of nitrogens with two attached hydrogens (primary N) is 2. The van der Waals surface area contributed by atoms with Gasteiger partial charge in [-0.25, -0.2) is 0 Å². The average Bonchev–Trinajstić information content (AvgIpc) is 1.64.